The van der Waals surface area contributed by atoms with E-state index in [0.29, 0.717) is 6.42 Å². The van der Waals surface area contributed by atoms with Crippen LogP contribution in [-0.4, -0.2) is 31.3 Å². The first-order valence-corrected chi connectivity index (χ1v) is 6.17. The molecule has 0 aromatic carbocycles. The van der Waals surface area contributed by atoms with E-state index in [1.807, 2.05) is 6.92 Å². The summed E-state index contributed by atoms with van der Waals surface area (Å²) in [6.45, 7) is 2.01. The van der Waals surface area contributed by atoms with E-state index in [1.54, 1.807) is 0 Å². The van der Waals surface area contributed by atoms with Gasteiger partial charge < -0.3 is 10.9 Å². The van der Waals surface area contributed by atoms with E-state index in [4.69, 9.17) is 9.29 Å². The Balaban J connectivity index is 0. The Bertz CT molecular complexity index is 262. The van der Waals surface area contributed by atoms with Gasteiger partial charge in [0.25, 0.3) is 10.1 Å². The van der Waals surface area contributed by atoms with E-state index in [0.717, 1.165) is 12.8 Å². The summed E-state index contributed by atoms with van der Waals surface area (Å²) in [4.78, 5) is 10.9. The zero-order valence-corrected chi connectivity index (χ0v) is 9.75. The van der Waals surface area contributed by atoms with Crippen molar-refractivity contribution < 1.29 is 22.5 Å². The van der Waals surface area contributed by atoms with Gasteiger partial charge >= 0.3 is 5.97 Å². The van der Waals surface area contributed by atoms with E-state index >= 15 is 0 Å². The molecule has 0 atom stereocenters. The quantitative estimate of drug-likeness (QED) is 0.392. The van der Waals surface area contributed by atoms with Crippen molar-refractivity contribution in [2.24, 2.45) is 0 Å². The molecule has 0 aromatic rings. The fourth-order valence-electron chi connectivity index (χ4n) is 0.821. The minimum Gasteiger partial charge on any atom is -0.466 e. The molecule has 0 saturated carbocycles. The Labute approximate surface area is 90.3 Å². The van der Waals surface area contributed by atoms with Crippen molar-refractivity contribution in [3.63, 3.8) is 0 Å². The highest BCUT2D eigenvalue weighted by molar-refractivity contribution is 7.85. The minimum absolute atomic E-state index is 0. The number of carbonyl (C=O) groups excluding carboxylic acids is 1. The van der Waals surface area contributed by atoms with E-state index in [1.165, 1.54) is 0 Å². The lowest BCUT2D eigenvalue weighted by Gasteiger charge is -2.02. The van der Waals surface area contributed by atoms with E-state index in [-0.39, 0.29) is 30.9 Å². The van der Waals surface area contributed by atoms with Crippen LogP contribution in [0.4, 0.5) is 0 Å². The third-order valence-corrected chi connectivity index (χ3v) is 2.35. The summed E-state index contributed by atoms with van der Waals surface area (Å²) in [7, 11) is -3.93. The lowest BCUT2D eigenvalue weighted by atomic mass is 10.2. The van der Waals surface area contributed by atoms with Gasteiger partial charge in [0, 0.05) is 6.42 Å². The topological polar surface area (TPSA) is 116 Å². The number of hydrogen-bond donors (Lipinski definition) is 2. The maximum Gasteiger partial charge on any atom is 0.305 e. The molecule has 6 nitrogen and oxygen atoms in total. The zero-order chi connectivity index (χ0) is 11.0. The number of hydrogen-bond acceptors (Lipinski definition) is 5. The standard InChI is InChI=1S/C8H16O5S.H3N/c1-2-3-5-8(9)13-6-4-7-14(10,11)12;/h2-7H2,1H3,(H,10,11,12);1H3. The maximum atomic E-state index is 10.9. The molecule has 15 heavy (non-hydrogen) atoms. The van der Waals surface area contributed by atoms with Crippen LogP contribution in [0.1, 0.15) is 32.6 Å². The van der Waals surface area contributed by atoms with Crippen LogP contribution in [0.25, 0.3) is 0 Å². The second-order valence-electron chi connectivity index (χ2n) is 2.96. The van der Waals surface area contributed by atoms with Gasteiger partial charge in [-0.1, -0.05) is 13.3 Å². The first kappa shape index (κ1) is 16.8. The van der Waals surface area contributed by atoms with Gasteiger partial charge in [0.05, 0.1) is 12.4 Å². The number of ether oxygens (including phenoxy) is 1. The molecule has 0 rings (SSSR count). The van der Waals surface area contributed by atoms with Crippen LogP contribution in [0.15, 0.2) is 0 Å². The minimum atomic E-state index is -3.93. The number of esters is 1. The SMILES string of the molecule is CCCCC(=O)OCCCS(=O)(=O)O.N. The summed E-state index contributed by atoms with van der Waals surface area (Å²) >= 11 is 0. The largest absolute Gasteiger partial charge is 0.466 e. The average Bonchev–Trinajstić information content (AvgIpc) is 2.07. The monoisotopic (exact) mass is 241 g/mol. The second kappa shape index (κ2) is 8.63. The summed E-state index contributed by atoms with van der Waals surface area (Å²) < 4.78 is 33.6. The van der Waals surface area contributed by atoms with Gasteiger partial charge in [0.2, 0.25) is 0 Å². The summed E-state index contributed by atoms with van der Waals surface area (Å²) in [6, 6.07) is 0. The summed E-state index contributed by atoms with van der Waals surface area (Å²) in [5.74, 6) is -0.684. The van der Waals surface area contributed by atoms with Gasteiger partial charge in [0.1, 0.15) is 0 Å². The van der Waals surface area contributed by atoms with Crippen LogP contribution in [0.5, 0.6) is 0 Å². The molecule has 7 heteroatoms. The predicted octanol–water partition coefficient (Wildman–Crippen LogP) is 1.16. The Kier molecular flexibility index (Phi) is 9.64. The van der Waals surface area contributed by atoms with Gasteiger partial charge in [-0.3, -0.25) is 9.35 Å². The highest BCUT2D eigenvalue weighted by Gasteiger charge is 2.05. The van der Waals surface area contributed by atoms with Gasteiger partial charge in [-0.05, 0) is 12.8 Å². The van der Waals surface area contributed by atoms with Crippen LogP contribution in [0, 0.1) is 0 Å². The Hall–Kier alpha value is -0.660. The molecule has 0 saturated heterocycles. The highest BCUT2D eigenvalue weighted by Crippen LogP contribution is 1.97. The normalized spacial score (nSPS) is 10.5. The van der Waals surface area contributed by atoms with Crippen LogP contribution >= 0.6 is 0 Å². The van der Waals surface area contributed by atoms with Crippen molar-refractivity contribution in [2.75, 3.05) is 12.4 Å². The van der Waals surface area contributed by atoms with Crippen molar-refractivity contribution in [1.29, 1.82) is 0 Å². The molecule has 0 bridgehead atoms. The smallest absolute Gasteiger partial charge is 0.305 e. The molecular weight excluding hydrogens is 222 g/mol. The lowest BCUT2D eigenvalue weighted by molar-refractivity contribution is -0.143. The Morgan fingerprint density at radius 3 is 2.40 bits per heavy atom. The lowest BCUT2D eigenvalue weighted by Crippen LogP contribution is -2.10. The predicted molar refractivity (Wildman–Crippen MR) is 56.5 cm³/mol. The van der Waals surface area contributed by atoms with Crippen LogP contribution < -0.4 is 6.15 Å². The van der Waals surface area contributed by atoms with Crippen molar-refractivity contribution >= 4 is 16.1 Å². The van der Waals surface area contributed by atoms with E-state index < -0.39 is 10.1 Å². The molecule has 0 radical (unpaired) electrons. The zero-order valence-electron chi connectivity index (χ0n) is 8.94. The average molecular weight is 241 g/mol. The summed E-state index contributed by atoms with van der Waals surface area (Å²) in [5, 5.41) is 0. The van der Waals surface area contributed by atoms with Crippen molar-refractivity contribution in [3.05, 3.63) is 0 Å². The molecule has 0 aliphatic rings. The molecular formula is C8H19NO5S. The molecule has 4 N–H and O–H groups in total. The first-order chi connectivity index (χ1) is 6.45. The summed E-state index contributed by atoms with van der Waals surface area (Å²) in [6.07, 6.45) is 2.19. The Morgan fingerprint density at radius 2 is 1.93 bits per heavy atom. The number of rotatable bonds is 7. The molecule has 0 aliphatic heterocycles. The third-order valence-electron chi connectivity index (χ3n) is 1.54. The third kappa shape index (κ3) is 13.3. The highest BCUT2D eigenvalue weighted by atomic mass is 32.2. The molecule has 0 amide bonds. The van der Waals surface area contributed by atoms with Gasteiger partial charge in [-0.15, -0.1) is 0 Å². The molecule has 0 heterocycles. The maximum absolute atomic E-state index is 10.9. The first-order valence-electron chi connectivity index (χ1n) is 4.56. The fourth-order valence-corrected chi connectivity index (χ4v) is 1.30. The summed E-state index contributed by atoms with van der Waals surface area (Å²) in [5.41, 5.74) is 0. The second-order valence-corrected chi connectivity index (χ2v) is 4.54. The molecule has 0 aliphatic carbocycles. The van der Waals surface area contributed by atoms with E-state index in [9.17, 15) is 13.2 Å². The van der Waals surface area contributed by atoms with Crippen LogP contribution in [0.2, 0.25) is 0 Å². The van der Waals surface area contributed by atoms with Crippen molar-refractivity contribution in [2.45, 2.75) is 32.6 Å². The molecule has 0 unspecified atom stereocenters. The molecule has 92 valence electrons. The fraction of sp³-hybridized carbons (Fsp3) is 0.875. The van der Waals surface area contributed by atoms with E-state index in [2.05, 4.69) is 0 Å². The Morgan fingerprint density at radius 1 is 1.33 bits per heavy atom. The molecule has 0 spiro atoms. The number of unbranched alkanes of at least 4 members (excludes halogenated alkanes) is 1. The van der Waals surface area contributed by atoms with Crippen LogP contribution in [0.3, 0.4) is 0 Å². The van der Waals surface area contributed by atoms with Gasteiger partial charge in [0.15, 0.2) is 0 Å². The molecule has 0 aromatic heterocycles. The van der Waals surface area contributed by atoms with Gasteiger partial charge in [-0.25, -0.2) is 0 Å². The molecule has 0 fully saturated rings. The van der Waals surface area contributed by atoms with Crippen molar-refractivity contribution in [1.82, 2.24) is 6.15 Å². The van der Waals surface area contributed by atoms with Crippen LogP contribution in [-0.2, 0) is 19.6 Å². The van der Waals surface area contributed by atoms with Crippen molar-refractivity contribution in [3.8, 4) is 0 Å². The van der Waals surface area contributed by atoms with Gasteiger partial charge in [-0.2, -0.15) is 8.42 Å². The number of carbonyl (C=O) groups is 1.